The Kier molecular flexibility index (Phi) is 3.83. The van der Waals surface area contributed by atoms with Crippen molar-refractivity contribution < 1.29 is 9.90 Å². The molecule has 4 atom stereocenters. The normalized spacial score (nSPS) is 28.9. The second kappa shape index (κ2) is 6.02. The van der Waals surface area contributed by atoms with E-state index in [9.17, 15) is 9.90 Å². The molecule has 0 spiro atoms. The van der Waals surface area contributed by atoms with Crippen molar-refractivity contribution in [1.29, 1.82) is 0 Å². The van der Waals surface area contributed by atoms with Crippen LogP contribution in [0.4, 0.5) is 0 Å². The van der Waals surface area contributed by atoms with Gasteiger partial charge in [-0.3, -0.25) is 14.9 Å². The maximum absolute atomic E-state index is 12.4. The highest BCUT2D eigenvalue weighted by atomic mass is 79.9. The lowest BCUT2D eigenvalue weighted by Gasteiger charge is -2.27. The molecule has 2 aliphatic rings. The third kappa shape index (κ3) is 2.85. The van der Waals surface area contributed by atoms with E-state index in [0.29, 0.717) is 23.4 Å². The first-order chi connectivity index (χ1) is 12.9. The van der Waals surface area contributed by atoms with E-state index < -0.39 is 5.60 Å². The zero-order valence-corrected chi connectivity index (χ0v) is 16.5. The summed E-state index contributed by atoms with van der Waals surface area (Å²) in [5, 5.41) is 22.8. The van der Waals surface area contributed by atoms with Gasteiger partial charge >= 0.3 is 0 Å². The molecule has 0 unspecified atom stereocenters. The van der Waals surface area contributed by atoms with Crippen molar-refractivity contribution in [3.63, 3.8) is 0 Å². The van der Waals surface area contributed by atoms with Gasteiger partial charge in [0.1, 0.15) is 0 Å². The number of hydrogen-bond donors (Lipinski definition) is 3. The molecule has 0 aliphatic heterocycles. The molecule has 138 valence electrons. The summed E-state index contributed by atoms with van der Waals surface area (Å²) in [6.45, 7) is 0. The lowest BCUT2D eigenvalue weighted by atomic mass is 9.86. The number of nitrogens with one attached hydrogen (secondary N) is 2. The minimum absolute atomic E-state index is 0.0933. The van der Waals surface area contributed by atoms with Crippen LogP contribution < -0.4 is 5.32 Å². The summed E-state index contributed by atoms with van der Waals surface area (Å²) in [5.41, 5.74) is 1.21. The molecule has 3 aromatic rings. The Balaban J connectivity index is 1.33. The number of carbonyl (C=O) groups excluding carboxylic acids is 1. The Morgan fingerprint density at radius 2 is 2.04 bits per heavy atom. The van der Waals surface area contributed by atoms with Crippen molar-refractivity contribution in [3.8, 4) is 0 Å². The van der Waals surface area contributed by atoms with Crippen molar-refractivity contribution in [2.75, 3.05) is 0 Å². The van der Waals surface area contributed by atoms with Crippen LogP contribution in [0, 0.1) is 11.8 Å². The molecule has 2 heterocycles. The number of fused-ring (bicyclic) bond motifs is 2. The van der Waals surface area contributed by atoms with E-state index >= 15 is 0 Å². The number of H-pyrrole nitrogens is 1. The lowest BCUT2D eigenvalue weighted by molar-refractivity contribution is 0.0293. The molecule has 3 N–H and O–H groups in total. The minimum Gasteiger partial charge on any atom is -0.385 e. The van der Waals surface area contributed by atoms with Gasteiger partial charge in [-0.1, -0.05) is 11.6 Å². The minimum atomic E-state index is -0.944. The van der Waals surface area contributed by atoms with Crippen molar-refractivity contribution in [2.45, 2.75) is 24.5 Å². The molecule has 2 saturated carbocycles. The monoisotopic (exact) mass is 446 g/mol. The number of hydrogen-bond acceptors (Lipinski definition) is 4. The fraction of sp³-hybridized carbons (Fsp3) is 0.316. The molecular weight excluding hydrogens is 432 g/mol. The van der Waals surface area contributed by atoms with Gasteiger partial charge in [0, 0.05) is 33.3 Å². The summed E-state index contributed by atoms with van der Waals surface area (Å²) in [5.74, 6) is 0.395. The maximum atomic E-state index is 12.4. The number of benzene rings is 1. The summed E-state index contributed by atoms with van der Waals surface area (Å²) in [6.07, 6.45) is 6.11. The smallest absolute Gasteiger partial charge is 0.253 e. The largest absolute Gasteiger partial charge is 0.385 e. The number of amides is 1. The molecular formula is C19H16BrClN4O2. The average molecular weight is 448 g/mol. The molecule has 0 saturated heterocycles. The fourth-order valence-electron chi connectivity index (χ4n) is 4.47. The summed E-state index contributed by atoms with van der Waals surface area (Å²) >= 11 is 9.55. The number of halogens is 2. The maximum Gasteiger partial charge on any atom is 0.253 e. The molecule has 2 fully saturated rings. The molecule has 27 heavy (non-hydrogen) atoms. The zero-order valence-electron chi connectivity index (χ0n) is 14.1. The number of rotatable bonds is 3. The van der Waals surface area contributed by atoms with Crippen LogP contribution in [0.5, 0.6) is 0 Å². The van der Waals surface area contributed by atoms with E-state index in [-0.39, 0.29) is 23.8 Å². The van der Waals surface area contributed by atoms with E-state index in [1.54, 1.807) is 24.7 Å². The molecule has 1 aromatic carbocycles. The molecule has 2 aliphatic carbocycles. The fourth-order valence-corrected chi connectivity index (χ4v) is 5.05. The number of aliphatic hydroxyl groups is 1. The number of pyridine rings is 1. The van der Waals surface area contributed by atoms with Crippen molar-refractivity contribution in [1.82, 2.24) is 20.5 Å². The van der Waals surface area contributed by atoms with Gasteiger partial charge in [0.2, 0.25) is 0 Å². The highest BCUT2D eigenvalue weighted by molar-refractivity contribution is 9.10. The van der Waals surface area contributed by atoms with Gasteiger partial charge in [-0.15, -0.1) is 0 Å². The number of carbonyl (C=O) groups is 1. The third-order valence-corrected chi connectivity index (χ3v) is 6.42. The molecule has 1 amide bonds. The van der Waals surface area contributed by atoms with E-state index in [4.69, 9.17) is 11.6 Å². The summed E-state index contributed by atoms with van der Waals surface area (Å²) < 4.78 is 0.769. The van der Waals surface area contributed by atoms with Crippen molar-refractivity contribution in [2.24, 2.45) is 11.8 Å². The Labute approximate surface area is 168 Å². The quantitative estimate of drug-likeness (QED) is 0.574. The van der Waals surface area contributed by atoms with Crippen LogP contribution in [0.2, 0.25) is 5.02 Å². The van der Waals surface area contributed by atoms with E-state index in [1.165, 1.54) is 0 Å². The Morgan fingerprint density at radius 1 is 1.26 bits per heavy atom. The summed E-state index contributed by atoms with van der Waals surface area (Å²) in [7, 11) is 0. The second-order valence-electron chi connectivity index (χ2n) is 7.44. The highest BCUT2D eigenvalue weighted by Crippen LogP contribution is 2.60. The third-order valence-electron chi connectivity index (χ3n) is 5.77. The first-order valence-corrected chi connectivity index (χ1v) is 9.89. The van der Waals surface area contributed by atoms with Gasteiger partial charge in [-0.25, -0.2) is 0 Å². The van der Waals surface area contributed by atoms with E-state index in [1.807, 2.05) is 12.1 Å². The standard InChI is InChI=1S/C19H16BrClN4O2/c20-10-1-9(6-22-7-10)18(26)24-17-12-4-19(27,5-13(12)17)15-2-11(21)3-16-14(15)8-23-25-16/h1-3,6-8,12-13,17,27H,4-5H2,(H,23,25)(H,24,26)/t12-,13+,17+,19-. The van der Waals surface area contributed by atoms with Crippen LogP contribution in [0.25, 0.3) is 10.9 Å². The van der Waals surface area contributed by atoms with Crippen molar-refractivity contribution >= 4 is 44.3 Å². The topological polar surface area (TPSA) is 90.9 Å². The average Bonchev–Trinajstić information content (AvgIpc) is 3.01. The molecule has 5 rings (SSSR count). The van der Waals surface area contributed by atoms with E-state index in [2.05, 4.69) is 36.4 Å². The molecule has 6 nitrogen and oxygen atoms in total. The predicted molar refractivity (Wildman–Crippen MR) is 104 cm³/mol. The zero-order chi connectivity index (χ0) is 18.8. The predicted octanol–water partition coefficient (Wildman–Crippen LogP) is 3.40. The van der Waals surface area contributed by atoms with Gasteiger partial charge in [0.25, 0.3) is 5.91 Å². The number of aromatic amines is 1. The number of nitrogens with zero attached hydrogens (tertiary/aromatic N) is 2. The Morgan fingerprint density at radius 3 is 2.78 bits per heavy atom. The number of aromatic nitrogens is 3. The van der Waals surface area contributed by atoms with Crippen LogP contribution in [0.15, 0.2) is 41.3 Å². The van der Waals surface area contributed by atoms with Crippen LogP contribution in [-0.2, 0) is 5.60 Å². The Bertz CT molecular complexity index is 1060. The molecule has 0 bridgehead atoms. The van der Waals surface area contributed by atoms with Crippen LogP contribution >= 0.6 is 27.5 Å². The van der Waals surface area contributed by atoms with E-state index in [0.717, 1.165) is 20.9 Å². The van der Waals surface area contributed by atoms with Gasteiger partial charge < -0.3 is 10.4 Å². The summed E-state index contributed by atoms with van der Waals surface area (Å²) in [6, 6.07) is 5.47. The van der Waals surface area contributed by atoms with Gasteiger partial charge in [0.15, 0.2) is 0 Å². The van der Waals surface area contributed by atoms with Crippen molar-refractivity contribution in [3.05, 3.63) is 57.4 Å². The molecule has 2 aromatic heterocycles. The highest BCUT2D eigenvalue weighted by Gasteiger charge is 2.62. The second-order valence-corrected chi connectivity index (χ2v) is 8.80. The SMILES string of the molecule is O=C(N[C@H]1[C@@H]2C[C@](O)(c3cc(Cl)cc4[nH]ncc34)C[C@@H]21)c1cncc(Br)c1. The van der Waals surface area contributed by atoms with Crippen LogP contribution in [0.1, 0.15) is 28.8 Å². The van der Waals surface area contributed by atoms with Gasteiger partial charge in [-0.05, 0) is 64.4 Å². The Hall–Kier alpha value is -1.96. The lowest BCUT2D eigenvalue weighted by Crippen LogP contribution is -2.33. The first-order valence-electron chi connectivity index (χ1n) is 8.71. The van der Waals surface area contributed by atoms with Gasteiger partial charge in [0.05, 0.1) is 22.9 Å². The first kappa shape index (κ1) is 17.2. The van der Waals surface area contributed by atoms with Crippen LogP contribution in [-0.4, -0.2) is 32.2 Å². The van der Waals surface area contributed by atoms with Gasteiger partial charge in [-0.2, -0.15) is 5.10 Å². The summed E-state index contributed by atoms with van der Waals surface area (Å²) in [4.78, 5) is 16.5. The van der Waals surface area contributed by atoms with Crippen LogP contribution in [0.3, 0.4) is 0 Å². The molecule has 8 heteroatoms. The molecule has 0 radical (unpaired) electrons.